The summed E-state index contributed by atoms with van der Waals surface area (Å²) in [5.41, 5.74) is 0.756. The first-order valence-corrected chi connectivity index (χ1v) is 6.61. The molecule has 0 saturated heterocycles. The van der Waals surface area contributed by atoms with Crippen LogP contribution in [0.4, 0.5) is 5.69 Å². The third-order valence-corrected chi connectivity index (χ3v) is 3.36. The number of halogens is 2. The molecular weight excluding hydrogens is 315 g/mol. The summed E-state index contributed by atoms with van der Waals surface area (Å²) < 4.78 is 0. The van der Waals surface area contributed by atoms with E-state index in [0.717, 1.165) is 5.69 Å². The molecule has 7 heteroatoms. The van der Waals surface area contributed by atoms with Gasteiger partial charge in [-0.1, -0.05) is 23.2 Å². The fourth-order valence-electron chi connectivity index (χ4n) is 1.67. The lowest BCUT2D eigenvalue weighted by atomic mass is 10.1. The van der Waals surface area contributed by atoms with Crippen LogP contribution in [0.2, 0.25) is 10.0 Å². The van der Waals surface area contributed by atoms with Gasteiger partial charge in [0.15, 0.2) is 0 Å². The largest absolute Gasteiger partial charge is 0.478 e. The monoisotopic (exact) mass is 324 g/mol. The number of aryl methyl sites for hydroxylation is 1. The van der Waals surface area contributed by atoms with Gasteiger partial charge in [-0.2, -0.15) is 0 Å². The first kappa shape index (κ1) is 15.3. The lowest BCUT2D eigenvalue weighted by Crippen LogP contribution is -2.16. The number of carbonyl (C=O) groups excluding carboxylic acids is 1. The third kappa shape index (κ3) is 3.32. The highest BCUT2D eigenvalue weighted by molar-refractivity contribution is 6.38. The van der Waals surface area contributed by atoms with Gasteiger partial charge >= 0.3 is 5.97 Å². The number of benzene rings is 1. The van der Waals surface area contributed by atoms with Crippen LogP contribution in [-0.4, -0.2) is 22.0 Å². The van der Waals surface area contributed by atoms with Crippen LogP contribution in [0.3, 0.4) is 0 Å². The Morgan fingerprint density at radius 3 is 2.38 bits per heavy atom. The van der Waals surface area contributed by atoms with Crippen LogP contribution in [0.25, 0.3) is 0 Å². The number of aromatic carboxylic acids is 1. The molecule has 0 aliphatic rings. The van der Waals surface area contributed by atoms with Crippen molar-refractivity contribution < 1.29 is 14.7 Å². The summed E-state index contributed by atoms with van der Waals surface area (Å²) in [6.45, 7) is 1.79. The van der Waals surface area contributed by atoms with E-state index in [2.05, 4.69) is 10.3 Å². The standard InChI is InChI=1S/C14H10Cl2N2O3/c1-7-2-3-8(6-17-7)13(19)18-12-10(16)5-4-9(15)11(12)14(20)21/h2-6H,1H3,(H,18,19)(H,20,21). The van der Waals surface area contributed by atoms with Crippen molar-refractivity contribution in [3.63, 3.8) is 0 Å². The Bertz CT molecular complexity index is 715. The quantitative estimate of drug-likeness (QED) is 0.903. The van der Waals surface area contributed by atoms with Crippen molar-refractivity contribution in [1.29, 1.82) is 0 Å². The maximum Gasteiger partial charge on any atom is 0.339 e. The van der Waals surface area contributed by atoms with Gasteiger partial charge < -0.3 is 10.4 Å². The first-order chi connectivity index (χ1) is 9.90. The summed E-state index contributed by atoms with van der Waals surface area (Å²) in [4.78, 5) is 27.4. The normalized spacial score (nSPS) is 10.2. The number of nitrogens with zero attached hydrogens (tertiary/aromatic N) is 1. The molecule has 0 unspecified atom stereocenters. The number of pyridine rings is 1. The van der Waals surface area contributed by atoms with Crippen molar-refractivity contribution in [2.45, 2.75) is 6.92 Å². The van der Waals surface area contributed by atoms with E-state index in [9.17, 15) is 14.7 Å². The lowest BCUT2D eigenvalue weighted by Gasteiger charge is -2.11. The zero-order chi connectivity index (χ0) is 15.6. The summed E-state index contributed by atoms with van der Waals surface area (Å²) in [6.07, 6.45) is 1.39. The number of nitrogens with one attached hydrogen (secondary N) is 1. The van der Waals surface area contributed by atoms with E-state index in [1.807, 2.05) is 0 Å². The molecule has 21 heavy (non-hydrogen) atoms. The number of carboxylic acid groups (broad SMARTS) is 1. The summed E-state index contributed by atoms with van der Waals surface area (Å²) in [5, 5.41) is 11.7. The average Bonchev–Trinajstić information content (AvgIpc) is 2.43. The molecule has 0 aliphatic carbocycles. The van der Waals surface area contributed by atoms with Crippen LogP contribution >= 0.6 is 23.2 Å². The van der Waals surface area contributed by atoms with E-state index in [4.69, 9.17) is 23.2 Å². The number of rotatable bonds is 3. The van der Waals surface area contributed by atoms with E-state index < -0.39 is 11.9 Å². The van der Waals surface area contributed by atoms with Crippen molar-refractivity contribution in [2.24, 2.45) is 0 Å². The fourth-order valence-corrected chi connectivity index (χ4v) is 2.11. The van der Waals surface area contributed by atoms with Gasteiger partial charge in [0, 0.05) is 11.9 Å². The SMILES string of the molecule is Cc1ccc(C(=O)Nc2c(Cl)ccc(Cl)c2C(=O)O)cn1. The molecule has 1 aromatic carbocycles. The number of hydrogen-bond acceptors (Lipinski definition) is 3. The average molecular weight is 325 g/mol. The molecule has 0 fully saturated rings. The zero-order valence-electron chi connectivity index (χ0n) is 10.9. The second kappa shape index (κ2) is 6.11. The van der Waals surface area contributed by atoms with Gasteiger partial charge in [-0.25, -0.2) is 4.79 Å². The van der Waals surface area contributed by atoms with Gasteiger partial charge in [0.2, 0.25) is 0 Å². The van der Waals surface area contributed by atoms with Crippen LogP contribution in [0.15, 0.2) is 30.5 Å². The number of carbonyl (C=O) groups is 2. The Labute approximate surface area is 130 Å². The van der Waals surface area contributed by atoms with Gasteiger partial charge in [-0.05, 0) is 31.2 Å². The number of anilines is 1. The van der Waals surface area contributed by atoms with Crippen LogP contribution in [0, 0.1) is 6.92 Å². The van der Waals surface area contributed by atoms with E-state index in [1.165, 1.54) is 18.3 Å². The Hall–Kier alpha value is -2.11. The van der Waals surface area contributed by atoms with Crippen molar-refractivity contribution in [2.75, 3.05) is 5.32 Å². The van der Waals surface area contributed by atoms with E-state index in [0.29, 0.717) is 0 Å². The number of hydrogen-bond donors (Lipinski definition) is 2. The Morgan fingerprint density at radius 2 is 1.81 bits per heavy atom. The molecule has 0 radical (unpaired) electrons. The highest BCUT2D eigenvalue weighted by atomic mass is 35.5. The highest BCUT2D eigenvalue weighted by Gasteiger charge is 2.20. The van der Waals surface area contributed by atoms with Gasteiger partial charge in [0.05, 0.1) is 21.3 Å². The first-order valence-electron chi connectivity index (χ1n) is 5.85. The molecule has 0 aliphatic heterocycles. The molecule has 0 saturated carbocycles. The second-order valence-corrected chi connectivity index (χ2v) is 5.04. The molecule has 1 amide bonds. The number of carboxylic acids is 1. The Morgan fingerprint density at radius 1 is 1.14 bits per heavy atom. The highest BCUT2D eigenvalue weighted by Crippen LogP contribution is 2.32. The van der Waals surface area contributed by atoms with E-state index in [-0.39, 0.29) is 26.9 Å². The molecule has 2 aromatic rings. The predicted octanol–water partition coefficient (Wildman–Crippen LogP) is 3.65. The minimum absolute atomic E-state index is 0.00997. The lowest BCUT2D eigenvalue weighted by molar-refractivity contribution is 0.0698. The fraction of sp³-hybridized carbons (Fsp3) is 0.0714. The van der Waals surface area contributed by atoms with Gasteiger partial charge in [-0.15, -0.1) is 0 Å². The summed E-state index contributed by atoms with van der Waals surface area (Å²) in [6, 6.07) is 6.03. The van der Waals surface area contributed by atoms with Gasteiger partial charge in [-0.3, -0.25) is 9.78 Å². The van der Waals surface area contributed by atoms with Crippen LogP contribution in [0.5, 0.6) is 0 Å². The second-order valence-electron chi connectivity index (χ2n) is 4.23. The molecular formula is C14H10Cl2N2O3. The predicted molar refractivity (Wildman–Crippen MR) is 80.3 cm³/mol. The minimum atomic E-state index is -1.28. The molecule has 108 valence electrons. The summed E-state index contributed by atoms with van der Waals surface area (Å²) >= 11 is 11.8. The number of aromatic nitrogens is 1. The van der Waals surface area contributed by atoms with Crippen molar-refractivity contribution in [3.05, 3.63) is 57.3 Å². The van der Waals surface area contributed by atoms with E-state index >= 15 is 0 Å². The molecule has 5 nitrogen and oxygen atoms in total. The van der Waals surface area contributed by atoms with Crippen molar-refractivity contribution in [1.82, 2.24) is 4.98 Å². The minimum Gasteiger partial charge on any atom is -0.478 e. The molecule has 2 N–H and O–H groups in total. The van der Waals surface area contributed by atoms with E-state index in [1.54, 1.807) is 19.1 Å². The van der Waals surface area contributed by atoms with Crippen LogP contribution in [-0.2, 0) is 0 Å². The molecule has 0 atom stereocenters. The van der Waals surface area contributed by atoms with Crippen molar-refractivity contribution in [3.8, 4) is 0 Å². The maximum absolute atomic E-state index is 12.1. The smallest absolute Gasteiger partial charge is 0.339 e. The molecule has 1 aromatic heterocycles. The molecule has 0 spiro atoms. The summed E-state index contributed by atoms with van der Waals surface area (Å²) in [7, 11) is 0. The topological polar surface area (TPSA) is 79.3 Å². The molecule has 0 bridgehead atoms. The Kier molecular flexibility index (Phi) is 4.45. The summed E-state index contributed by atoms with van der Waals surface area (Å²) in [5.74, 6) is -1.80. The van der Waals surface area contributed by atoms with Crippen LogP contribution < -0.4 is 5.32 Å². The molecule has 1 heterocycles. The molecule has 2 rings (SSSR count). The van der Waals surface area contributed by atoms with Crippen molar-refractivity contribution >= 4 is 40.8 Å². The van der Waals surface area contributed by atoms with Gasteiger partial charge in [0.25, 0.3) is 5.91 Å². The zero-order valence-corrected chi connectivity index (χ0v) is 12.4. The third-order valence-electron chi connectivity index (χ3n) is 2.73. The maximum atomic E-state index is 12.1. The van der Waals surface area contributed by atoms with Crippen LogP contribution in [0.1, 0.15) is 26.4 Å². The Balaban J connectivity index is 2.39. The van der Waals surface area contributed by atoms with Gasteiger partial charge in [0.1, 0.15) is 5.56 Å². The number of amides is 1.